The molecule has 6 nitrogen and oxygen atoms in total. The molecule has 0 spiro atoms. The third kappa shape index (κ3) is 3.05. The highest BCUT2D eigenvalue weighted by Gasteiger charge is 2.16. The van der Waals surface area contributed by atoms with Crippen molar-refractivity contribution < 1.29 is 13.9 Å². The Morgan fingerprint density at radius 3 is 2.71 bits per heavy atom. The maximum Gasteiger partial charge on any atom is 0.254 e. The number of amides is 1. The van der Waals surface area contributed by atoms with Crippen LogP contribution in [0.3, 0.4) is 0 Å². The second-order valence-electron chi connectivity index (χ2n) is 5.32. The minimum absolute atomic E-state index is 0.140. The number of H-pyrrole nitrogens is 1. The lowest BCUT2D eigenvalue weighted by Gasteiger charge is -2.21. The van der Waals surface area contributed by atoms with Gasteiger partial charge in [-0.1, -0.05) is 6.07 Å². The van der Waals surface area contributed by atoms with Crippen LogP contribution in [0.1, 0.15) is 22.8 Å². The number of carbonyl (C=O) groups excluding carboxylic acids is 1. The van der Waals surface area contributed by atoms with Crippen LogP contribution in [0, 0.1) is 5.82 Å². The molecule has 7 heteroatoms. The van der Waals surface area contributed by atoms with Gasteiger partial charge in [0.1, 0.15) is 11.0 Å². The zero-order valence-electron chi connectivity index (χ0n) is 13.4. The lowest BCUT2D eigenvalue weighted by atomic mass is 10.1. The van der Waals surface area contributed by atoms with Crippen LogP contribution >= 0.6 is 0 Å². The van der Waals surface area contributed by atoms with Crippen molar-refractivity contribution in [3.63, 3.8) is 0 Å². The summed E-state index contributed by atoms with van der Waals surface area (Å²) in [6.07, 6.45) is 0. The Bertz CT molecular complexity index is 878. The van der Waals surface area contributed by atoms with Gasteiger partial charge in [-0.3, -0.25) is 4.79 Å². The minimum atomic E-state index is -0.442. The summed E-state index contributed by atoms with van der Waals surface area (Å²) in [6.45, 7) is 2.70. The number of carbonyl (C=O) groups is 1. The van der Waals surface area contributed by atoms with Gasteiger partial charge in [0.2, 0.25) is 0 Å². The molecule has 1 aromatic heterocycles. The summed E-state index contributed by atoms with van der Waals surface area (Å²) in [5.41, 5.74) is 2.55. The lowest BCUT2D eigenvalue weighted by Crippen LogP contribution is -2.30. The first-order chi connectivity index (χ1) is 11.6. The van der Waals surface area contributed by atoms with E-state index in [2.05, 4.69) is 15.4 Å². The van der Waals surface area contributed by atoms with Crippen LogP contribution in [-0.2, 0) is 6.54 Å². The molecule has 0 aliphatic heterocycles. The number of aromatic amines is 1. The molecule has 2 aromatic carbocycles. The number of hydrogen-bond acceptors (Lipinski definition) is 4. The fraction of sp³-hybridized carbons (Fsp3) is 0.235. The number of fused-ring (bicyclic) bond motifs is 1. The number of hydrogen-bond donors (Lipinski definition) is 1. The average molecular weight is 328 g/mol. The van der Waals surface area contributed by atoms with Crippen molar-refractivity contribution in [2.24, 2.45) is 0 Å². The topological polar surface area (TPSA) is 71.1 Å². The van der Waals surface area contributed by atoms with Gasteiger partial charge in [-0.25, -0.2) is 4.39 Å². The predicted octanol–water partition coefficient (Wildman–Crippen LogP) is 2.77. The molecular formula is C17H17FN4O2. The summed E-state index contributed by atoms with van der Waals surface area (Å²) in [7, 11) is 1.42. The van der Waals surface area contributed by atoms with Gasteiger partial charge in [0.25, 0.3) is 5.91 Å². The van der Waals surface area contributed by atoms with E-state index in [9.17, 15) is 9.18 Å². The maximum atomic E-state index is 13.8. The quantitative estimate of drug-likeness (QED) is 0.782. The van der Waals surface area contributed by atoms with Crippen LogP contribution in [-0.4, -0.2) is 39.9 Å². The van der Waals surface area contributed by atoms with Crippen molar-refractivity contribution in [1.29, 1.82) is 0 Å². The number of rotatable bonds is 5. The SMILES string of the molecule is CCN(Cc1ccc(OC)c(F)c1)C(=O)c1ccc2n[nH]nc2c1. The molecule has 0 bridgehead atoms. The second-order valence-corrected chi connectivity index (χ2v) is 5.32. The fourth-order valence-corrected chi connectivity index (χ4v) is 2.51. The number of halogens is 1. The Labute approximate surface area is 138 Å². The normalized spacial score (nSPS) is 10.8. The molecule has 0 radical (unpaired) electrons. The Balaban J connectivity index is 1.82. The highest BCUT2D eigenvalue weighted by Crippen LogP contribution is 2.20. The van der Waals surface area contributed by atoms with Gasteiger partial charge in [0.05, 0.1) is 7.11 Å². The smallest absolute Gasteiger partial charge is 0.254 e. The van der Waals surface area contributed by atoms with Crippen LogP contribution in [0.2, 0.25) is 0 Å². The average Bonchev–Trinajstić information content (AvgIpc) is 3.07. The molecule has 0 atom stereocenters. The van der Waals surface area contributed by atoms with E-state index in [0.717, 1.165) is 0 Å². The first-order valence-electron chi connectivity index (χ1n) is 7.54. The van der Waals surface area contributed by atoms with Crippen molar-refractivity contribution in [2.45, 2.75) is 13.5 Å². The minimum Gasteiger partial charge on any atom is -0.494 e. The van der Waals surface area contributed by atoms with Gasteiger partial charge in [0.15, 0.2) is 11.6 Å². The van der Waals surface area contributed by atoms with E-state index in [1.165, 1.54) is 13.2 Å². The van der Waals surface area contributed by atoms with E-state index in [4.69, 9.17) is 4.74 Å². The molecule has 0 aliphatic carbocycles. The van der Waals surface area contributed by atoms with Crippen LogP contribution in [0.4, 0.5) is 4.39 Å². The molecular weight excluding hydrogens is 311 g/mol. The van der Waals surface area contributed by atoms with E-state index >= 15 is 0 Å². The first-order valence-corrected chi connectivity index (χ1v) is 7.54. The number of nitrogens with one attached hydrogen (secondary N) is 1. The van der Waals surface area contributed by atoms with Gasteiger partial charge in [-0.05, 0) is 42.8 Å². The second kappa shape index (κ2) is 6.66. The lowest BCUT2D eigenvalue weighted by molar-refractivity contribution is 0.0752. The van der Waals surface area contributed by atoms with Gasteiger partial charge in [-0.2, -0.15) is 15.4 Å². The van der Waals surface area contributed by atoms with Crippen molar-refractivity contribution in [1.82, 2.24) is 20.3 Å². The largest absolute Gasteiger partial charge is 0.494 e. The molecule has 24 heavy (non-hydrogen) atoms. The third-order valence-corrected chi connectivity index (χ3v) is 3.82. The molecule has 124 valence electrons. The van der Waals surface area contributed by atoms with Crippen molar-refractivity contribution in [3.05, 3.63) is 53.3 Å². The van der Waals surface area contributed by atoms with E-state index in [1.807, 2.05) is 6.92 Å². The Kier molecular flexibility index (Phi) is 4.41. The third-order valence-electron chi connectivity index (χ3n) is 3.82. The van der Waals surface area contributed by atoms with Crippen molar-refractivity contribution in [2.75, 3.05) is 13.7 Å². The van der Waals surface area contributed by atoms with Gasteiger partial charge in [-0.15, -0.1) is 0 Å². The highest BCUT2D eigenvalue weighted by molar-refractivity contribution is 5.97. The summed E-state index contributed by atoms with van der Waals surface area (Å²) in [5, 5.41) is 10.5. The van der Waals surface area contributed by atoms with Crippen LogP contribution in [0.5, 0.6) is 5.75 Å². The molecule has 3 rings (SSSR count). The fourth-order valence-electron chi connectivity index (χ4n) is 2.51. The first kappa shape index (κ1) is 15.9. The summed E-state index contributed by atoms with van der Waals surface area (Å²) < 4.78 is 18.7. The predicted molar refractivity (Wildman–Crippen MR) is 87.3 cm³/mol. The summed E-state index contributed by atoms with van der Waals surface area (Å²) in [5.74, 6) is -0.397. The van der Waals surface area contributed by atoms with Crippen molar-refractivity contribution in [3.8, 4) is 5.75 Å². The molecule has 3 aromatic rings. The van der Waals surface area contributed by atoms with Gasteiger partial charge in [0, 0.05) is 18.7 Å². The van der Waals surface area contributed by atoms with E-state index < -0.39 is 5.82 Å². The number of nitrogens with zero attached hydrogens (tertiary/aromatic N) is 3. The summed E-state index contributed by atoms with van der Waals surface area (Å²) >= 11 is 0. The number of aromatic nitrogens is 3. The monoisotopic (exact) mass is 328 g/mol. The number of methoxy groups -OCH3 is 1. The Hall–Kier alpha value is -2.96. The summed E-state index contributed by atoms with van der Waals surface area (Å²) in [4.78, 5) is 14.3. The highest BCUT2D eigenvalue weighted by atomic mass is 19.1. The van der Waals surface area contributed by atoms with Crippen LogP contribution in [0.25, 0.3) is 11.0 Å². The molecule has 1 N–H and O–H groups in total. The number of benzene rings is 2. The van der Waals surface area contributed by atoms with E-state index in [1.54, 1.807) is 35.2 Å². The zero-order valence-corrected chi connectivity index (χ0v) is 13.4. The molecule has 0 aliphatic rings. The molecule has 1 heterocycles. The van der Waals surface area contributed by atoms with Gasteiger partial charge < -0.3 is 9.64 Å². The summed E-state index contributed by atoms with van der Waals surface area (Å²) in [6, 6.07) is 9.84. The maximum absolute atomic E-state index is 13.8. The van der Waals surface area contributed by atoms with Gasteiger partial charge >= 0.3 is 0 Å². The van der Waals surface area contributed by atoms with Crippen molar-refractivity contribution >= 4 is 16.9 Å². The van der Waals surface area contributed by atoms with Crippen LogP contribution < -0.4 is 4.74 Å². The van der Waals surface area contributed by atoms with Crippen LogP contribution in [0.15, 0.2) is 36.4 Å². The molecule has 0 fully saturated rings. The van der Waals surface area contributed by atoms with E-state index in [-0.39, 0.29) is 11.7 Å². The van der Waals surface area contributed by atoms with E-state index in [0.29, 0.717) is 35.2 Å². The molecule has 0 saturated heterocycles. The molecule has 0 unspecified atom stereocenters. The number of ether oxygens (including phenoxy) is 1. The molecule has 1 amide bonds. The Morgan fingerprint density at radius 2 is 2.00 bits per heavy atom. The Morgan fingerprint density at radius 1 is 1.21 bits per heavy atom. The zero-order chi connectivity index (χ0) is 17.1. The molecule has 0 saturated carbocycles. The standard InChI is InChI=1S/C17H17FN4O2/c1-3-22(10-11-4-7-16(24-2)13(18)8-11)17(23)12-5-6-14-15(9-12)20-21-19-14/h4-9H,3,10H2,1-2H3,(H,19,20,21).